The van der Waals surface area contributed by atoms with E-state index >= 15 is 0 Å². The van der Waals surface area contributed by atoms with Crippen LogP contribution in [0.3, 0.4) is 0 Å². The number of aromatic nitrogens is 1. The minimum atomic E-state index is -1.76. The highest BCUT2D eigenvalue weighted by molar-refractivity contribution is 5.96. The number of hydrogen-bond donors (Lipinski definition) is 2. The molecule has 1 amide bonds. The number of halogens is 1. The second-order valence-electron chi connectivity index (χ2n) is 6.73. The van der Waals surface area contributed by atoms with Crippen LogP contribution >= 0.6 is 0 Å². The molecule has 7 heteroatoms. The predicted octanol–water partition coefficient (Wildman–Crippen LogP) is 2.28. The van der Waals surface area contributed by atoms with Crippen molar-refractivity contribution < 1.29 is 24.2 Å². The van der Waals surface area contributed by atoms with Gasteiger partial charge in [0.15, 0.2) is 5.60 Å². The number of aliphatic hydroxyl groups is 1. The Bertz CT molecular complexity index is 849. The maximum atomic E-state index is 13.2. The van der Waals surface area contributed by atoms with Gasteiger partial charge in [0.1, 0.15) is 5.82 Å². The molecule has 2 N–H and O–H groups in total. The minimum absolute atomic E-state index is 0.00474. The van der Waals surface area contributed by atoms with Crippen molar-refractivity contribution >= 4 is 11.9 Å². The molecule has 0 spiro atoms. The molecule has 2 aromatic rings. The summed E-state index contributed by atoms with van der Waals surface area (Å²) in [5.41, 5.74) is 1.10. The standard InChI is InChI=1S/C19H21FN2O4/c1-12-11-16(13(2)22(12)15-5-3-14(20)4-6-15)17(23)21-9-7-19(26,8-10-21)18(24)25/h3-6,11,26H,7-10H2,1-2H3,(H,24,25). The Balaban J connectivity index is 1.84. The maximum Gasteiger partial charge on any atom is 0.335 e. The number of likely N-dealkylation sites (tertiary alicyclic amines) is 1. The van der Waals surface area contributed by atoms with Crippen molar-refractivity contribution in [3.8, 4) is 5.69 Å². The number of carboxylic acid groups (broad SMARTS) is 1. The molecule has 2 heterocycles. The Morgan fingerprint density at radius 2 is 1.69 bits per heavy atom. The van der Waals surface area contributed by atoms with Gasteiger partial charge in [-0.1, -0.05) is 0 Å². The number of carbonyl (C=O) groups excluding carboxylic acids is 1. The molecular formula is C19H21FN2O4. The summed E-state index contributed by atoms with van der Waals surface area (Å²) in [6.07, 6.45) is 0.00947. The molecular weight excluding hydrogens is 339 g/mol. The molecule has 0 radical (unpaired) electrons. The quantitative estimate of drug-likeness (QED) is 0.880. The van der Waals surface area contributed by atoms with E-state index in [4.69, 9.17) is 5.11 Å². The van der Waals surface area contributed by atoms with Crippen LogP contribution in [0, 0.1) is 19.7 Å². The van der Waals surface area contributed by atoms with Gasteiger partial charge in [0.25, 0.3) is 5.91 Å². The minimum Gasteiger partial charge on any atom is -0.479 e. The van der Waals surface area contributed by atoms with E-state index in [1.807, 2.05) is 18.4 Å². The number of carboxylic acids is 1. The van der Waals surface area contributed by atoms with Crippen LogP contribution in [0.15, 0.2) is 30.3 Å². The van der Waals surface area contributed by atoms with Crippen molar-refractivity contribution in [3.05, 3.63) is 53.1 Å². The number of aryl methyl sites for hydroxylation is 1. The molecule has 138 valence electrons. The van der Waals surface area contributed by atoms with Crippen LogP contribution in [-0.2, 0) is 4.79 Å². The molecule has 1 aliphatic heterocycles. The van der Waals surface area contributed by atoms with Gasteiger partial charge < -0.3 is 19.7 Å². The summed E-state index contributed by atoms with van der Waals surface area (Å²) in [6.45, 7) is 4.05. The molecule has 1 fully saturated rings. The van der Waals surface area contributed by atoms with E-state index in [9.17, 15) is 19.1 Å². The molecule has 0 atom stereocenters. The monoisotopic (exact) mass is 360 g/mol. The summed E-state index contributed by atoms with van der Waals surface area (Å²) in [4.78, 5) is 25.6. The summed E-state index contributed by atoms with van der Waals surface area (Å²) in [5, 5.41) is 19.1. The molecule has 1 saturated heterocycles. The zero-order chi connectivity index (χ0) is 19.1. The van der Waals surface area contributed by atoms with Crippen LogP contribution < -0.4 is 0 Å². The third-order valence-corrected chi connectivity index (χ3v) is 5.02. The summed E-state index contributed by atoms with van der Waals surface area (Å²) in [7, 11) is 0. The molecule has 1 aromatic carbocycles. The van der Waals surface area contributed by atoms with Gasteiger partial charge in [-0.15, -0.1) is 0 Å². The van der Waals surface area contributed by atoms with Crippen molar-refractivity contribution in [2.24, 2.45) is 0 Å². The zero-order valence-corrected chi connectivity index (χ0v) is 14.7. The first-order valence-corrected chi connectivity index (χ1v) is 8.43. The Labute approximate surface area is 150 Å². The Hall–Kier alpha value is -2.67. The van der Waals surface area contributed by atoms with E-state index < -0.39 is 11.6 Å². The second kappa shape index (κ2) is 6.57. The fourth-order valence-corrected chi connectivity index (χ4v) is 3.43. The van der Waals surface area contributed by atoms with E-state index in [0.717, 1.165) is 17.1 Å². The topological polar surface area (TPSA) is 82.8 Å². The van der Waals surface area contributed by atoms with Crippen LogP contribution in [0.1, 0.15) is 34.6 Å². The van der Waals surface area contributed by atoms with Gasteiger partial charge in [-0.2, -0.15) is 0 Å². The lowest BCUT2D eigenvalue weighted by molar-refractivity contribution is -0.162. The van der Waals surface area contributed by atoms with E-state index in [1.165, 1.54) is 12.1 Å². The van der Waals surface area contributed by atoms with Crippen molar-refractivity contribution in [1.29, 1.82) is 0 Å². The summed E-state index contributed by atoms with van der Waals surface area (Å²) < 4.78 is 15.0. The summed E-state index contributed by atoms with van der Waals surface area (Å²) in [5.74, 6) is -1.77. The zero-order valence-electron chi connectivity index (χ0n) is 14.7. The smallest absolute Gasteiger partial charge is 0.335 e. The number of hydrogen-bond acceptors (Lipinski definition) is 3. The molecule has 0 aliphatic carbocycles. The van der Waals surface area contributed by atoms with E-state index in [2.05, 4.69) is 0 Å². The van der Waals surface area contributed by atoms with E-state index in [0.29, 0.717) is 5.56 Å². The third kappa shape index (κ3) is 3.10. The maximum absolute atomic E-state index is 13.2. The second-order valence-corrected chi connectivity index (χ2v) is 6.73. The number of nitrogens with zero attached hydrogens (tertiary/aromatic N) is 2. The molecule has 1 aromatic heterocycles. The predicted molar refractivity (Wildman–Crippen MR) is 92.9 cm³/mol. The van der Waals surface area contributed by atoms with Crippen LogP contribution in [0.2, 0.25) is 0 Å². The third-order valence-electron chi connectivity index (χ3n) is 5.02. The van der Waals surface area contributed by atoms with Crippen LogP contribution in [-0.4, -0.2) is 50.2 Å². The first-order chi connectivity index (χ1) is 12.2. The Morgan fingerprint density at radius 1 is 1.12 bits per heavy atom. The number of carbonyl (C=O) groups is 2. The highest BCUT2D eigenvalue weighted by atomic mass is 19.1. The summed E-state index contributed by atoms with van der Waals surface area (Å²) in [6, 6.07) is 7.81. The van der Waals surface area contributed by atoms with E-state index in [1.54, 1.807) is 23.1 Å². The van der Waals surface area contributed by atoms with Crippen LogP contribution in [0.5, 0.6) is 0 Å². The Morgan fingerprint density at radius 3 is 2.23 bits per heavy atom. The average molecular weight is 360 g/mol. The fourth-order valence-electron chi connectivity index (χ4n) is 3.43. The molecule has 0 unspecified atom stereocenters. The fraction of sp³-hybridized carbons (Fsp3) is 0.368. The molecule has 3 rings (SSSR count). The lowest BCUT2D eigenvalue weighted by Gasteiger charge is -2.35. The highest BCUT2D eigenvalue weighted by Gasteiger charge is 2.40. The molecule has 1 aliphatic rings. The lowest BCUT2D eigenvalue weighted by atomic mass is 9.91. The number of rotatable bonds is 3. The van der Waals surface area contributed by atoms with Gasteiger partial charge in [-0.3, -0.25) is 4.79 Å². The van der Waals surface area contributed by atoms with E-state index in [-0.39, 0.29) is 37.7 Å². The van der Waals surface area contributed by atoms with Crippen molar-refractivity contribution in [1.82, 2.24) is 9.47 Å². The van der Waals surface area contributed by atoms with Gasteiger partial charge in [0.2, 0.25) is 0 Å². The van der Waals surface area contributed by atoms with Gasteiger partial charge in [0, 0.05) is 43.0 Å². The van der Waals surface area contributed by atoms with Gasteiger partial charge >= 0.3 is 5.97 Å². The normalized spacial score (nSPS) is 16.5. The molecule has 0 saturated carbocycles. The number of amides is 1. The van der Waals surface area contributed by atoms with Crippen molar-refractivity contribution in [2.75, 3.05) is 13.1 Å². The summed E-state index contributed by atoms with van der Waals surface area (Å²) >= 11 is 0. The van der Waals surface area contributed by atoms with Gasteiger partial charge in [-0.25, -0.2) is 9.18 Å². The average Bonchev–Trinajstić information content (AvgIpc) is 2.90. The van der Waals surface area contributed by atoms with Gasteiger partial charge in [-0.05, 0) is 44.2 Å². The molecule has 0 bridgehead atoms. The highest BCUT2D eigenvalue weighted by Crippen LogP contribution is 2.26. The lowest BCUT2D eigenvalue weighted by Crippen LogP contribution is -2.50. The molecule has 6 nitrogen and oxygen atoms in total. The van der Waals surface area contributed by atoms with Crippen molar-refractivity contribution in [2.45, 2.75) is 32.3 Å². The van der Waals surface area contributed by atoms with Gasteiger partial charge in [0.05, 0.1) is 5.56 Å². The number of benzene rings is 1. The first-order valence-electron chi connectivity index (χ1n) is 8.43. The first kappa shape index (κ1) is 18.1. The number of aliphatic carboxylic acids is 1. The Kier molecular flexibility index (Phi) is 4.58. The van der Waals surface area contributed by atoms with Crippen LogP contribution in [0.25, 0.3) is 5.69 Å². The SMILES string of the molecule is Cc1cc(C(=O)N2CCC(O)(C(=O)O)CC2)c(C)n1-c1ccc(F)cc1. The largest absolute Gasteiger partial charge is 0.479 e. The van der Waals surface area contributed by atoms with Crippen LogP contribution in [0.4, 0.5) is 4.39 Å². The van der Waals surface area contributed by atoms with Crippen molar-refractivity contribution in [3.63, 3.8) is 0 Å². The molecule has 26 heavy (non-hydrogen) atoms. The number of piperidine rings is 1.